The zero-order valence-electron chi connectivity index (χ0n) is 8.03. The highest BCUT2D eigenvalue weighted by molar-refractivity contribution is 5.40. The van der Waals surface area contributed by atoms with E-state index in [2.05, 4.69) is 0 Å². The van der Waals surface area contributed by atoms with Crippen molar-refractivity contribution in [1.29, 1.82) is 0 Å². The summed E-state index contributed by atoms with van der Waals surface area (Å²) in [6, 6.07) is 0. The lowest BCUT2D eigenvalue weighted by molar-refractivity contribution is -0.187. The molecular weight excluding hydrogens is 184 g/mol. The van der Waals surface area contributed by atoms with Gasteiger partial charge in [-0.25, -0.2) is 0 Å². The third-order valence-electron chi connectivity index (χ3n) is 3.70. The Morgan fingerprint density at radius 3 is 1.21 bits per heavy atom. The van der Waals surface area contributed by atoms with Crippen LogP contribution in [0.5, 0.6) is 0 Å². The summed E-state index contributed by atoms with van der Waals surface area (Å²) in [5, 5.41) is 0. The molecule has 0 radical (unpaired) electrons. The summed E-state index contributed by atoms with van der Waals surface area (Å²) in [5.74, 6) is 0. The number of hydrogen-bond acceptors (Lipinski definition) is 4. The van der Waals surface area contributed by atoms with Crippen molar-refractivity contribution in [3.63, 3.8) is 0 Å². The summed E-state index contributed by atoms with van der Waals surface area (Å²) in [7, 11) is 0. The van der Waals surface area contributed by atoms with Crippen LogP contribution in [0.1, 0.15) is 38.5 Å². The minimum Gasteiger partial charge on any atom is -0.461 e. The molecule has 3 aliphatic carbocycles. The number of carbonyl (C=O) groups is 2. The van der Waals surface area contributed by atoms with Gasteiger partial charge >= 0.3 is 0 Å². The first-order valence-electron chi connectivity index (χ1n) is 4.97. The second kappa shape index (κ2) is 3.26. The lowest BCUT2D eigenvalue weighted by atomic mass is 9.65. The molecule has 2 bridgehead atoms. The molecule has 4 nitrogen and oxygen atoms in total. The molecule has 0 amide bonds. The zero-order chi connectivity index (χ0) is 10.1. The Hall–Kier alpha value is -1.06. The van der Waals surface area contributed by atoms with Gasteiger partial charge in [0.1, 0.15) is 11.2 Å². The maximum Gasteiger partial charge on any atom is 0.293 e. The van der Waals surface area contributed by atoms with Crippen LogP contribution >= 0.6 is 0 Å². The molecule has 0 N–H and O–H groups in total. The molecule has 0 atom stereocenters. The van der Waals surface area contributed by atoms with Crippen molar-refractivity contribution >= 4 is 12.9 Å². The van der Waals surface area contributed by atoms with Gasteiger partial charge in [0.25, 0.3) is 12.9 Å². The topological polar surface area (TPSA) is 52.6 Å². The van der Waals surface area contributed by atoms with Gasteiger partial charge in [0.15, 0.2) is 0 Å². The molecule has 0 unspecified atom stereocenters. The number of carbonyl (C=O) groups excluding carboxylic acids is 2. The van der Waals surface area contributed by atoms with Gasteiger partial charge in [0, 0.05) is 0 Å². The molecule has 0 aromatic heterocycles. The van der Waals surface area contributed by atoms with Crippen LogP contribution in [0, 0.1) is 0 Å². The van der Waals surface area contributed by atoms with Crippen LogP contribution in [0.25, 0.3) is 0 Å². The van der Waals surface area contributed by atoms with Gasteiger partial charge in [0.05, 0.1) is 0 Å². The highest BCUT2D eigenvalue weighted by Crippen LogP contribution is 2.50. The average Bonchev–Trinajstić information content (AvgIpc) is 2.22. The van der Waals surface area contributed by atoms with E-state index in [1.54, 1.807) is 0 Å². The van der Waals surface area contributed by atoms with Crippen LogP contribution < -0.4 is 0 Å². The molecule has 0 saturated heterocycles. The summed E-state index contributed by atoms with van der Waals surface area (Å²) in [4.78, 5) is 20.7. The lowest BCUT2D eigenvalue weighted by Gasteiger charge is -2.50. The van der Waals surface area contributed by atoms with Gasteiger partial charge in [-0.05, 0) is 38.5 Å². The van der Waals surface area contributed by atoms with Crippen LogP contribution in [0.2, 0.25) is 0 Å². The summed E-state index contributed by atoms with van der Waals surface area (Å²) in [6.07, 6.45) is 4.91. The number of fused-ring (bicyclic) bond motifs is 3. The summed E-state index contributed by atoms with van der Waals surface area (Å²) < 4.78 is 10.3. The zero-order valence-corrected chi connectivity index (χ0v) is 8.03. The Kier molecular flexibility index (Phi) is 2.21. The van der Waals surface area contributed by atoms with Gasteiger partial charge in [-0.15, -0.1) is 0 Å². The maximum atomic E-state index is 10.4. The largest absolute Gasteiger partial charge is 0.461 e. The van der Waals surface area contributed by atoms with Gasteiger partial charge < -0.3 is 9.47 Å². The summed E-state index contributed by atoms with van der Waals surface area (Å²) in [6.45, 7) is 1.08. The van der Waals surface area contributed by atoms with E-state index >= 15 is 0 Å². The predicted molar refractivity (Wildman–Crippen MR) is 47.5 cm³/mol. The van der Waals surface area contributed by atoms with Crippen molar-refractivity contribution < 1.29 is 19.1 Å². The molecule has 3 rings (SSSR count). The van der Waals surface area contributed by atoms with Crippen molar-refractivity contribution in [2.75, 3.05) is 0 Å². The fourth-order valence-electron chi connectivity index (χ4n) is 2.67. The van der Waals surface area contributed by atoms with Gasteiger partial charge in [-0.3, -0.25) is 9.59 Å². The Morgan fingerprint density at radius 2 is 1.00 bits per heavy atom. The molecule has 78 valence electrons. The number of ether oxygens (including phenoxy) is 2. The normalized spacial score (nSPS) is 40.3. The second-order valence-corrected chi connectivity index (χ2v) is 4.29. The Morgan fingerprint density at radius 1 is 0.714 bits per heavy atom. The first-order chi connectivity index (χ1) is 6.74. The standard InChI is InChI=1S/C10H14O4/c11-7-13-9-1-2-10(5-3-9,6-4-9)14-8-12/h7-8H,1-6H2. The quantitative estimate of drug-likeness (QED) is 0.636. The Balaban J connectivity index is 2.04. The fraction of sp³-hybridized carbons (Fsp3) is 0.800. The molecule has 0 heterocycles. The Labute approximate surface area is 82.6 Å². The minimum absolute atomic E-state index is 0.254. The highest BCUT2D eigenvalue weighted by Gasteiger charge is 2.51. The van der Waals surface area contributed by atoms with Gasteiger partial charge in [-0.1, -0.05) is 0 Å². The molecule has 0 spiro atoms. The second-order valence-electron chi connectivity index (χ2n) is 4.29. The van der Waals surface area contributed by atoms with E-state index in [4.69, 9.17) is 9.47 Å². The van der Waals surface area contributed by atoms with E-state index < -0.39 is 0 Å². The van der Waals surface area contributed by atoms with Crippen molar-refractivity contribution in [3.8, 4) is 0 Å². The van der Waals surface area contributed by atoms with Crippen LogP contribution in [0.15, 0.2) is 0 Å². The van der Waals surface area contributed by atoms with Gasteiger partial charge in [0.2, 0.25) is 0 Å². The number of hydrogen-bond donors (Lipinski definition) is 0. The van der Waals surface area contributed by atoms with E-state index in [0.717, 1.165) is 38.5 Å². The van der Waals surface area contributed by atoms with Crippen molar-refractivity contribution in [3.05, 3.63) is 0 Å². The molecule has 14 heavy (non-hydrogen) atoms. The number of rotatable bonds is 4. The third kappa shape index (κ3) is 1.38. The maximum absolute atomic E-state index is 10.4. The molecule has 3 saturated carbocycles. The monoisotopic (exact) mass is 198 g/mol. The lowest BCUT2D eigenvalue weighted by Crippen LogP contribution is -2.52. The third-order valence-corrected chi connectivity index (χ3v) is 3.70. The SMILES string of the molecule is O=COC12CCC(OC=O)(CC1)CC2. The minimum atomic E-state index is -0.254. The summed E-state index contributed by atoms with van der Waals surface area (Å²) >= 11 is 0. The van der Waals surface area contributed by atoms with Crippen molar-refractivity contribution in [1.82, 2.24) is 0 Å². The van der Waals surface area contributed by atoms with E-state index in [1.165, 1.54) is 0 Å². The van der Waals surface area contributed by atoms with Crippen molar-refractivity contribution in [2.45, 2.75) is 49.7 Å². The molecule has 0 aromatic rings. The van der Waals surface area contributed by atoms with E-state index in [1.807, 2.05) is 0 Å². The van der Waals surface area contributed by atoms with Crippen molar-refractivity contribution in [2.24, 2.45) is 0 Å². The molecule has 0 aromatic carbocycles. The van der Waals surface area contributed by atoms with Crippen LogP contribution in [0.4, 0.5) is 0 Å². The Bertz CT molecular complexity index is 198. The molecule has 3 aliphatic rings. The fourth-order valence-corrected chi connectivity index (χ4v) is 2.67. The van der Waals surface area contributed by atoms with Crippen LogP contribution in [0.3, 0.4) is 0 Å². The molecule has 0 aliphatic heterocycles. The molecule has 4 heteroatoms. The van der Waals surface area contributed by atoms with Crippen LogP contribution in [-0.2, 0) is 19.1 Å². The van der Waals surface area contributed by atoms with Crippen LogP contribution in [-0.4, -0.2) is 24.1 Å². The van der Waals surface area contributed by atoms with Gasteiger partial charge in [-0.2, -0.15) is 0 Å². The molecule has 3 fully saturated rings. The predicted octanol–water partition coefficient (Wildman–Crippen LogP) is 1.18. The van der Waals surface area contributed by atoms with E-state index in [9.17, 15) is 9.59 Å². The van der Waals surface area contributed by atoms with E-state index in [-0.39, 0.29) is 11.2 Å². The average molecular weight is 198 g/mol. The first kappa shape index (κ1) is 9.49. The molecular formula is C10H14O4. The highest BCUT2D eigenvalue weighted by atomic mass is 16.6. The smallest absolute Gasteiger partial charge is 0.293 e. The van der Waals surface area contributed by atoms with E-state index in [0.29, 0.717) is 12.9 Å². The summed E-state index contributed by atoms with van der Waals surface area (Å²) in [5.41, 5.74) is -0.508. The first-order valence-corrected chi connectivity index (χ1v) is 4.97.